The van der Waals surface area contributed by atoms with Gasteiger partial charge in [-0.3, -0.25) is 0 Å². The number of fused-ring (bicyclic) bond motifs is 6. The maximum Gasteiger partial charge on any atom is 0.143 e. The van der Waals surface area contributed by atoms with Gasteiger partial charge in [-0.25, -0.2) is 0 Å². The highest BCUT2D eigenvalue weighted by Gasteiger charge is 2.18. The summed E-state index contributed by atoms with van der Waals surface area (Å²) in [6.45, 7) is 0. The third-order valence-electron chi connectivity index (χ3n) is 11.1. The fourth-order valence-electron chi connectivity index (χ4n) is 8.32. The van der Waals surface area contributed by atoms with Crippen molar-refractivity contribution in [3.8, 4) is 44.5 Å². The number of furan rings is 1. The smallest absolute Gasteiger partial charge is 0.143 e. The minimum Gasteiger partial charge on any atom is -0.455 e. The molecule has 0 bridgehead atoms. The summed E-state index contributed by atoms with van der Waals surface area (Å²) in [5.41, 5.74) is 14.6. The molecule has 0 aliphatic rings. The first-order chi connectivity index (χ1) is 28.2. The molecule has 9 aromatic carbocycles. The lowest BCUT2D eigenvalue weighted by atomic mass is 9.99. The molecule has 0 aliphatic carbocycles. The fraction of sp³-hybridized carbons (Fsp3) is 0. The molecule has 0 saturated carbocycles. The second kappa shape index (κ2) is 13.8. The Kier molecular flexibility index (Phi) is 8.04. The van der Waals surface area contributed by atoms with Gasteiger partial charge in [0.25, 0.3) is 0 Å². The third kappa shape index (κ3) is 5.88. The summed E-state index contributed by atoms with van der Waals surface area (Å²) in [7, 11) is 0. The Bertz CT molecular complexity index is 3200. The van der Waals surface area contributed by atoms with Crippen LogP contribution in [0.25, 0.3) is 86.6 Å². The van der Waals surface area contributed by atoms with Crippen molar-refractivity contribution in [1.29, 1.82) is 0 Å². The van der Waals surface area contributed by atoms with E-state index < -0.39 is 0 Å². The van der Waals surface area contributed by atoms with Crippen LogP contribution >= 0.6 is 11.3 Å². The number of thiophene rings is 1. The number of anilines is 3. The zero-order valence-corrected chi connectivity index (χ0v) is 31.8. The molecule has 2 nitrogen and oxygen atoms in total. The van der Waals surface area contributed by atoms with Gasteiger partial charge >= 0.3 is 0 Å². The van der Waals surface area contributed by atoms with Crippen LogP contribution in [0.15, 0.2) is 217 Å². The lowest BCUT2D eigenvalue weighted by molar-refractivity contribution is 0.670. The molecule has 268 valence electrons. The number of para-hydroxylation sites is 1. The number of nitrogens with zero attached hydrogens (tertiary/aromatic N) is 1. The van der Waals surface area contributed by atoms with Crippen molar-refractivity contribution >= 4 is 70.5 Å². The van der Waals surface area contributed by atoms with Crippen LogP contribution in [0.2, 0.25) is 0 Å². The van der Waals surface area contributed by atoms with Crippen LogP contribution in [0.3, 0.4) is 0 Å². The molecule has 0 saturated heterocycles. The molecule has 0 atom stereocenters. The summed E-state index contributed by atoms with van der Waals surface area (Å²) in [5, 5.41) is 4.85. The molecule has 57 heavy (non-hydrogen) atoms. The van der Waals surface area contributed by atoms with Gasteiger partial charge in [0.1, 0.15) is 11.2 Å². The van der Waals surface area contributed by atoms with Crippen molar-refractivity contribution in [2.24, 2.45) is 0 Å². The maximum absolute atomic E-state index is 6.49. The highest BCUT2D eigenvalue weighted by atomic mass is 32.1. The molecule has 0 amide bonds. The minimum absolute atomic E-state index is 0.895. The van der Waals surface area contributed by atoms with Crippen molar-refractivity contribution in [2.45, 2.75) is 0 Å². The van der Waals surface area contributed by atoms with Gasteiger partial charge in [-0.2, -0.15) is 0 Å². The number of hydrogen-bond donors (Lipinski definition) is 0. The fourth-order valence-corrected chi connectivity index (χ4v) is 9.48. The predicted molar refractivity (Wildman–Crippen MR) is 243 cm³/mol. The quantitative estimate of drug-likeness (QED) is 0.162. The molecular formula is C54H35NOS. The summed E-state index contributed by atoms with van der Waals surface area (Å²) in [6, 6.07) is 76.2. The van der Waals surface area contributed by atoms with E-state index in [2.05, 4.69) is 211 Å². The van der Waals surface area contributed by atoms with E-state index in [4.69, 9.17) is 4.42 Å². The van der Waals surface area contributed by atoms with Crippen LogP contribution in [-0.4, -0.2) is 0 Å². The van der Waals surface area contributed by atoms with Gasteiger partial charge in [-0.15, -0.1) is 11.3 Å². The van der Waals surface area contributed by atoms with E-state index in [9.17, 15) is 0 Å². The molecule has 11 rings (SSSR count). The SMILES string of the molecule is c1ccc(-c2ccc(N(c3ccc(-c4ccc5oc6c(-c7ccccc7)cccc6c5c4)cc3)c3ccc4c(c3)sc3cccc(-c5ccccc5)c34)cc2)cc1. The van der Waals surface area contributed by atoms with Gasteiger partial charge in [0.15, 0.2) is 0 Å². The minimum atomic E-state index is 0.895. The molecule has 0 N–H and O–H groups in total. The van der Waals surface area contributed by atoms with Crippen LogP contribution in [0.1, 0.15) is 0 Å². The van der Waals surface area contributed by atoms with Crippen LogP contribution in [0.5, 0.6) is 0 Å². The second-order valence-corrected chi connectivity index (χ2v) is 15.6. The van der Waals surface area contributed by atoms with Gasteiger partial charge in [-0.05, 0) is 93.5 Å². The molecule has 2 heterocycles. The van der Waals surface area contributed by atoms with E-state index in [0.717, 1.165) is 61.3 Å². The molecule has 0 aliphatic heterocycles. The molecule has 2 aromatic heterocycles. The molecule has 3 heteroatoms. The Morgan fingerprint density at radius 3 is 1.56 bits per heavy atom. The predicted octanol–water partition coefficient (Wildman–Crippen LogP) is 16.1. The molecule has 0 fully saturated rings. The zero-order chi connectivity index (χ0) is 37.7. The van der Waals surface area contributed by atoms with E-state index in [0.29, 0.717) is 0 Å². The van der Waals surface area contributed by atoms with E-state index in [-0.39, 0.29) is 0 Å². The number of benzene rings is 9. The average Bonchev–Trinajstić information content (AvgIpc) is 3.86. The highest BCUT2D eigenvalue weighted by molar-refractivity contribution is 7.26. The van der Waals surface area contributed by atoms with E-state index in [1.165, 1.54) is 42.4 Å². The molecule has 0 unspecified atom stereocenters. The first-order valence-corrected chi connectivity index (χ1v) is 20.1. The van der Waals surface area contributed by atoms with E-state index >= 15 is 0 Å². The van der Waals surface area contributed by atoms with Crippen molar-refractivity contribution < 1.29 is 4.42 Å². The largest absolute Gasteiger partial charge is 0.455 e. The standard InChI is InChI=1S/C54H35NOS/c1-4-12-36(13-5-1)37-22-27-42(28-23-37)55(44-31-32-48-52(35-44)57-51-21-11-18-45(53(48)51)39-14-6-2-7-15-39)43-29-24-38(25-30-43)41-26-33-50-49(34-41)47-20-10-19-46(54(47)56-50)40-16-8-3-9-17-40/h1-35H. The molecule has 0 radical (unpaired) electrons. The lowest BCUT2D eigenvalue weighted by Gasteiger charge is -2.26. The summed E-state index contributed by atoms with van der Waals surface area (Å²) in [4.78, 5) is 2.37. The summed E-state index contributed by atoms with van der Waals surface area (Å²) in [5.74, 6) is 0. The van der Waals surface area contributed by atoms with Gasteiger partial charge in [0, 0.05) is 53.6 Å². The van der Waals surface area contributed by atoms with Crippen LogP contribution in [0, 0.1) is 0 Å². The van der Waals surface area contributed by atoms with Crippen molar-refractivity contribution in [3.63, 3.8) is 0 Å². The van der Waals surface area contributed by atoms with Crippen LogP contribution in [0.4, 0.5) is 17.1 Å². The van der Waals surface area contributed by atoms with Gasteiger partial charge in [0.05, 0.1) is 0 Å². The summed E-state index contributed by atoms with van der Waals surface area (Å²) < 4.78 is 9.05. The van der Waals surface area contributed by atoms with Gasteiger partial charge in [-0.1, -0.05) is 158 Å². The third-order valence-corrected chi connectivity index (χ3v) is 12.2. The first kappa shape index (κ1) is 33.2. The normalized spacial score (nSPS) is 11.5. The average molecular weight is 746 g/mol. The second-order valence-electron chi connectivity index (χ2n) is 14.5. The maximum atomic E-state index is 6.49. The Balaban J connectivity index is 1.00. The van der Waals surface area contributed by atoms with Gasteiger partial charge < -0.3 is 9.32 Å². The highest BCUT2D eigenvalue weighted by Crippen LogP contribution is 2.44. The Morgan fingerprint density at radius 1 is 0.333 bits per heavy atom. The van der Waals surface area contributed by atoms with Crippen LogP contribution < -0.4 is 4.90 Å². The lowest BCUT2D eigenvalue weighted by Crippen LogP contribution is -2.09. The summed E-state index contributed by atoms with van der Waals surface area (Å²) in [6.07, 6.45) is 0. The molecular weight excluding hydrogens is 711 g/mol. The first-order valence-electron chi connectivity index (χ1n) is 19.3. The van der Waals surface area contributed by atoms with Crippen molar-refractivity contribution in [3.05, 3.63) is 212 Å². The topological polar surface area (TPSA) is 16.4 Å². The Labute approximate surface area is 335 Å². The summed E-state index contributed by atoms with van der Waals surface area (Å²) >= 11 is 1.86. The van der Waals surface area contributed by atoms with E-state index in [1.54, 1.807) is 0 Å². The molecule has 0 spiro atoms. The number of rotatable bonds is 7. The van der Waals surface area contributed by atoms with Crippen LogP contribution in [-0.2, 0) is 0 Å². The zero-order valence-electron chi connectivity index (χ0n) is 31.0. The monoisotopic (exact) mass is 745 g/mol. The Hall–Kier alpha value is -7.20. The Morgan fingerprint density at radius 2 is 0.877 bits per heavy atom. The van der Waals surface area contributed by atoms with Gasteiger partial charge in [0.2, 0.25) is 0 Å². The number of hydrogen-bond acceptors (Lipinski definition) is 3. The van der Waals surface area contributed by atoms with E-state index in [1.807, 2.05) is 17.4 Å². The van der Waals surface area contributed by atoms with Crippen molar-refractivity contribution in [1.82, 2.24) is 0 Å². The van der Waals surface area contributed by atoms with Crippen molar-refractivity contribution in [2.75, 3.05) is 4.90 Å². The molecule has 11 aromatic rings.